The van der Waals surface area contributed by atoms with Gasteiger partial charge in [-0.25, -0.2) is 0 Å². The fourth-order valence-electron chi connectivity index (χ4n) is 2.90. The smallest absolute Gasteiger partial charge is 0.261 e. The van der Waals surface area contributed by atoms with E-state index < -0.39 is 0 Å². The maximum atomic E-state index is 12.3. The van der Waals surface area contributed by atoms with Crippen molar-refractivity contribution < 1.29 is 9.59 Å². The number of imide groups is 1. The quantitative estimate of drug-likeness (QED) is 0.809. The first-order valence-electron chi connectivity index (χ1n) is 7.66. The summed E-state index contributed by atoms with van der Waals surface area (Å²) in [5.74, 6) is -0.567. The molecule has 0 aliphatic carbocycles. The minimum atomic E-state index is -0.283. The molecule has 5 nitrogen and oxygen atoms in total. The normalized spacial score (nSPS) is 13.6. The SMILES string of the molecule is CCc1cc(CCN2C(=O)c3ccccc3C2=O)c(=O)n(C)c1. The van der Waals surface area contributed by atoms with Crippen LogP contribution in [0.3, 0.4) is 0 Å². The summed E-state index contributed by atoms with van der Waals surface area (Å²) in [4.78, 5) is 38.1. The standard InChI is InChI=1S/C18H18N2O3/c1-3-12-10-13(16(21)19(2)11-12)8-9-20-17(22)14-6-4-5-7-15(14)18(20)23/h4-7,10-11H,3,8-9H2,1-2H3. The average Bonchev–Trinajstić information content (AvgIpc) is 2.80. The molecule has 23 heavy (non-hydrogen) atoms. The zero-order chi connectivity index (χ0) is 16.6. The van der Waals surface area contributed by atoms with Crippen LogP contribution in [0.1, 0.15) is 38.8 Å². The van der Waals surface area contributed by atoms with Crippen LogP contribution in [0, 0.1) is 0 Å². The summed E-state index contributed by atoms with van der Waals surface area (Å²) in [6.07, 6.45) is 3.01. The van der Waals surface area contributed by atoms with Gasteiger partial charge in [-0.1, -0.05) is 19.1 Å². The maximum Gasteiger partial charge on any atom is 0.261 e. The lowest BCUT2D eigenvalue weighted by Crippen LogP contribution is -2.33. The third kappa shape index (κ3) is 2.59. The van der Waals surface area contributed by atoms with Crippen LogP contribution in [0.5, 0.6) is 0 Å². The number of hydrogen-bond donors (Lipinski definition) is 0. The molecule has 2 amide bonds. The van der Waals surface area contributed by atoms with Crippen LogP contribution in [-0.2, 0) is 19.9 Å². The van der Waals surface area contributed by atoms with Crippen LogP contribution in [0.2, 0.25) is 0 Å². The minimum absolute atomic E-state index is 0.0844. The molecule has 0 atom stereocenters. The fraction of sp³-hybridized carbons (Fsp3) is 0.278. The van der Waals surface area contributed by atoms with Crippen LogP contribution in [0.4, 0.5) is 0 Å². The molecule has 0 spiro atoms. The molecule has 118 valence electrons. The molecule has 5 heteroatoms. The highest BCUT2D eigenvalue weighted by atomic mass is 16.2. The van der Waals surface area contributed by atoms with E-state index in [1.54, 1.807) is 35.9 Å². The van der Waals surface area contributed by atoms with E-state index in [4.69, 9.17) is 0 Å². The van der Waals surface area contributed by atoms with Crippen molar-refractivity contribution in [1.82, 2.24) is 9.47 Å². The Balaban J connectivity index is 1.83. The predicted octanol–water partition coefficient (Wildman–Crippen LogP) is 1.79. The van der Waals surface area contributed by atoms with Crippen molar-refractivity contribution in [2.75, 3.05) is 6.54 Å². The molecule has 0 saturated heterocycles. The van der Waals surface area contributed by atoms with Crippen LogP contribution in [-0.4, -0.2) is 27.8 Å². The summed E-state index contributed by atoms with van der Waals surface area (Å²) in [6.45, 7) is 2.24. The van der Waals surface area contributed by atoms with Crippen molar-refractivity contribution >= 4 is 11.8 Å². The zero-order valence-electron chi connectivity index (χ0n) is 13.2. The van der Waals surface area contributed by atoms with Crippen molar-refractivity contribution in [3.05, 3.63) is 69.1 Å². The van der Waals surface area contributed by atoms with Gasteiger partial charge in [-0.15, -0.1) is 0 Å². The van der Waals surface area contributed by atoms with Crippen molar-refractivity contribution in [3.8, 4) is 0 Å². The molecule has 2 heterocycles. The molecule has 0 bridgehead atoms. The van der Waals surface area contributed by atoms with Gasteiger partial charge in [0.2, 0.25) is 0 Å². The van der Waals surface area contributed by atoms with Gasteiger partial charge in [-0.2, -0.15) is 0 Å². The second kappa shape index (κ2) is 5.83. The lowest BCUT2D eigenvalue weighted by molar-refractivity contribution is 0.0656. The highest BCUT2D eigenvalue weighted by Crippen LogP contribution is 2.22. The molecule has 3 rings (SSSR count). The van der Waals surface area contributed by atoms with E-state index in [0.717, 1.165) is 12.0 Å². The lowest BCUT2D eigenvalue weighted by atomic mass is 10.1. The van der Waals surface area contributed by atoms with Gasteiger partial charge in [-0.3, -0.25) is 19.3 Å². The molecule has 1 aromatic heterocycles. The van der Waals surface area contributed by atoms with Crippen molar-refractivity contribution in [2.24, 2.45) is 7.05 Å². The molecule has 1 aliphatic heterocycles. The number of aromatic nitrogens is 1. The number of nitrogens with zero attached hydrogens (tertiary/aromatic N) is 2. The highest BCUT2D eigenvalue weighted by Gasteiger charge is 2.34. The Hall–Kier alpha value is -2.69. The second-order valence-electron chi connectivity index (χ2n) is 5.70. The Morgan fingerprint density at radius 2 is 1.61 bits per heavy atom. The van der Waals surface area contributed by atoms with E-state index in [-0.39, 0.29) is 23.9 Å². The van der Waals surface area contributed by atoms with Crippen LogP contribution >= 0.6 is 0 Å². The van der Waals surface area contributed by atoms with Crippen LogP contribution in [0.15, 0.2) is 41.3 Å². The number of rotatable bonds is 4. The van der Waals surface area contributed by atoms with E-state index in [2.05, 4.69) is 0 Å². The molecule has 0 unspecified atom stereocenters. The Morgan fingerprint density at radius 1 is 1.00 bits per heavy atom. The molecular formula is C18H18N2O3. The van der Waals surface area contributed by atoms with Crippen molar-refractivity contribution in [2.45, 2.75) is 19.8 Å². The molecule has 0 saturated carbocycles. The molecule has 0 N–H and O–H groups in total. The molecule has 1 aliphatic rings. The number of carbonyl (C=O) groups is 2. The van der Waals surface area contributed by atoms with Crippen molar-refractivity contribution in [1.29, 1.82) is 0 Å². The highest BCUT2D eigenvalue weighted by molar-refractivity contribution is 6.21. The van der Waals surface area contributed by atoms with Crippen molar-refractivity contribution in [3.63, 3.8) is 0 Å². The number of carbonyl (C=O) groups excluding carboxylic acids is 2. The van der Waals surface area contributed by atoms with E-state index in [9.17, 15) is 14.4 Å². The Bertz CT molecular complexity index is 817. The summed E-state index contributed by atoms with van der Waals surface area (Å²) in [7, 11) is 1.72. The van der Waals surface area contributed by atoms with E-state index >= 15 is 0 Å². The molecular weight excluding hydrogens is 292 g/mol. The molecule has 1 aromatic carbocycles. The molecule has 0 fully saturated rings. The summed E-state index contributed by atoms with van der Waals surface area (Å²) in [5, 5.41) is 0. The first kappa shape index (κ1) is 15.2. The van der Waals surface area contributed by atoms with Gasteiger partial charge in [0.1, 0.15) is 0 Å². The van der Waals surface area contributed by atoms with E-state index in [0.29, 0.717) is 23.1 Å². The van der Waals surface area contributed by atoms with Gasteiger partial charge in [0.25, 0.3) is 17.4 Å². The number of hydrogen-bond acceptors (Lipinski definition) is 3. The molecule has 0 radical (unpaired) electrons. The summed E-state index contributed by atoms with van der Waals surface area (Å²) in [5.41, 5.74) is 2.48. The van der Waals surface area contributed by atoms with Gasteiger partial charge in [0, 0.05) is 25.4 Å². The number of pyridine rings is 1. The monoisotopic (exact) mass is 310 g/mol. The van der Waals surface area contributed by atoms with Gasteiger partial charge < -0.3 is 4.57 Å². The maximum absolute atomic E-state index is 12.3. The van der Waals surface area contributed by atoms with Crippen LogP contribution < -0.4 is 5.56 Å². The summed E-state index contributed by atoms with van der Waals surface area (Å²) in [6, 6.07) is 8.67. The number of amides is 2. The predicted molar refractivity (Wildman–Crippen MR) is 86.6 cm³/mol. The number of aryl methyl sites for hydroxylation is 2. The zero-order valence-corrected chi connectivity index (χ0v) is 13.2. The van der Waals surface area contributed by atoms with E-state index in [1.165, 1.54) is 4.90 Å². The fourth-order valence-corrected chi connectivity index (χ4v) is 2.90. The summed E-state index contributed by atoms with van der Waals surface area (Å²) < 4.78 is 1.55. The topological polar surface area (TPSA) is 59.4 Å². The number of benzene rings is 1. The van der Waals surface area contributed by atoms with Gasteiger partial charge >= 0.3 is 0 Å². The Labute approximate surface area is 134 Å². The van der Waals surface area contributed by atoms with Gasteiger partial charge in [0.05, 0.1) is 11.1 Å². The first-order valence-corrected chi connectivity index (χ1v) is 7.66. The first-order chi connectivity index (χ1) is 11.0. The second-order valence-corrected chi connectivity index (χ2v) is 5.70. The third-order valence-corrected chi connectivity index (χ3v) is 4.21. The molecule has 2 aromatic rings. The van der Waals surface area contributed by atoms with Gasteiger partial charge in [-0.05, 0) is 36.6 Å². The largest absolute Gasteiger partial charge is 0.318 e. The third-order valence-electron chi connectivity index (χ3n) is 4.21. The van der Waals surface area contributed by atoms with Crippen LogP contribution in [0.25, 0.3) is 0 Å². The summed E-state index contributed by atoms with van der Waals surface area (Å²) >= 11 is 0. The Morgan fingerprint density at radius 3 is 2.17 bits per heavy atom. The Kier molecular flexibility index (Phi) is 3.86. The van der Waals surface area contributed by atoms with Gasteiger partial charge in [0.15, 0.2) is 0 Å². The number of fused-ring (bicyclic) bond motifs is 1. The van der Waals surface area contributed by atoms with E-state index in [1.807, 2.05) is 19.2 Å². The lowest BCUT2D eigenvalue weighted by Gasteiger charge is -2.14. The minimum Gasteiger partial charge on any atom is -0.318 e. The average molecular weight is 310 g/mol.